The molecule has 15 heteroatoms. The Labute approximate surface area is 325 Å². The molecular weight excluding hydrogens is 730 g/mol. The topological polar surface area (TPSA) is 210 Å². The van der Waals surface area contributed by atoms with Gasteiger partial charge in [-0.1, -0.05) is 42.8 Å². The maximum atomic E-state index is 14.1. The summed E-state index contributed by atoms with van der Waals surface area (Å²) in [5.74, 6) is -7.77. The Kier molecular flexibility index (Phi) is 10.8. The Morgan fingerprint density at radius 2 is 1.75 bits per heavy atom. The third kappa shape index (κ3) is 6.70. The van der Waals surface area contributed by atoms with Crippen LogP contribution in [-0.2, 0) is 63.6 Å². The van der Waals surface area contributed by atoms with Gasteiger partial charge < -0.3 is 44.0 Å². The predicted octanol–water partition coefficient (Wildman–Crippen LogP) is 2.04. The number of rotatable bonds is 10. The van der Waals surface area contributed by atoms with E-state index in [9.17, 15) is 39.0 Å². The Balaban J connectivity index is 1.31. The van der Waals surface area contributed by atoms with Crippen LogP contribution in [0.1, 0.15) is 66.9 Å². The van der Waals surface area contributed by atoms with E-state index in [2.05, 4.69) is 5.32 Å². The number of esters is 4. The number of methoxy groups -OCH3 is 1. The monoisotopic (exact) mass is 781 g/mol. The van der Waals surface area contributed by atoms with E-state index in [4.69, 9.17) is 28.4 Å². The molecule has 15 nitrogen and oxygen atoms in total. The van der Waals surface area contributed by atoms with Gasteiger partial charge in [-0.3, -0.25) is 9.59 Å². The van der Waals surface area contributed by atoms with Crippen LogP contribution in [0.25, 0.3) is 0 Å². The molecule has 1 aromatic rings. The van der Waals surface area contributed by atoms with Crippen molar-refractivity contribution in [2.45, 2.75) is 109 Å². The van der Waals surface area contributed by atoms with Crippen LogP contribution in [0, 0.1) is 28.6 Å². The zero-order chi connectivity index (χ0) is 41.1. The second kappa shape index (κ2) is 14.7. The van der Waals surface area contributed by atoms with Crippen molar-refractivity contribution < 1.29 is 67.4 Å². The van der Waals surface area contributed by atoms with Gasteiger partial charge in [-0.05, 0) is 70.4 Å². The van der Waals surface area contributed by atoms with Crippen molar-refractivity contribution in [3.8, 4) is 0 Å². The quantitative estimate of drug-likeness (QED) is 0.176. The van der Waals surface area contributed by atoms with E-state index in [0.29, 0.717) is 11.1 Å². The second-order valence-electron chi connectivity index (χ2n) is 17.1. The number of ketones is 1. The first kappa shape index (κ1) is 41.0. The number of nitrogens with one attached hydrogen (secondary N) is 1. The van der Waals surface area contributed by atoms with Crippen molar-refractivity contribution in [1.82, 2.24) is 5.32 Å². The number of benzene rings is 1. The Hall–Kier alpha value is -4.60. The smallest absolute Gasteiger partial charge is 0.348 e. The fraction of sp³-hybridized carbons (Fsp3) is 0.610. The lowest BCUT2D eigenvalue weighted by Gasteiger charge is -2.67. The van der Waals surface area contributed by atoms with E-state index >= 15 is 0 Å². The van der Waals surface area contributed by atoms with Crippen molar-refractivity contribution in [3.63, 3.8) is 0 Å². The van der Waals surface area contributed by atoms with Gasteiger partial charge in [0.25, 0.3) is 5.91 Å². The third-order valence-corrected chi connectivity index (χ3v) is 12.1. The average molecular weight is 782 g/mol. The normalized spacial score (nSPS) is 34.9. The number of hydrogen-bond donors (Lipinski definition) is 3. The lowest BCUT2D eigenvalue weighted by Crippen LogP contribution is -2.79. The van der Waals surface area contributed by atoms with Crippen molar-refractivity contribution in [3.05, 3.63) is 58.9 Å². The Morgan fingerprint density at radius 1 is 1.07 bits per heavy atom. The highest BCUT2D eigenvalue weighted by atomic mass is 16.6. The number of allylic oxidation sites excluding steroid dienone is 3. The first-order valence-corrected chi connectivity index (χ1v) is 18.8. The standard InChI is InChI=1S/C41H51NO14/c1-20(2)14-28(45)55-31-33-40-19-53-41(33,37(50)51-8)34(47)29(46)32(40)39(7)17-25(43)30(21(3)23(39)16-26(40)54-36(31)49)52-18-27(44)42-24(35(48)56-38(4,5)6)15-22-12-10-9-11-13-22/h9-14,23-24,26,29,31-34,46-47H,15-19H2,1-8H3,(H,42,44)/t23-,24?,26+,29+,31+,32+,33+,34-,39-,40+,41-/m0/s1. The van der Waals surface area contributed by atoms with Gasteiger partial charge in [-0.25, -0.2) is 19.2 Å². The lowest BCUT2D eigenvalue weighted by molar-refractivity contribution is -0.290. The summed E-state index contributed by atoms with van der Waals surface area (Å²) in [6.07, 6.45) is -5.21. The first-order chi connectivity index (χ1) is 26.2. The maximum Gasteiger partial charge on any atom is 0.348 e. The number of carbonyl (C=O) groups is 6. The number of amides is 1. The SMILES string of the molecule is COC(=O)[C@@]12OC[C@]34[C@H]([C@@H](O)[C@@H]1O)[C@@]1(C)CC(=O)C(OCC(=O)NC(Cc5ccccc5)C(=O)OC(C)(C)C)=C(C)[C@@H]1C[C@H]3OC(=O)[C@H](OC(=O)C=C(C)C)[C@@H]24. The highest BCUT2D eigenvalue weighted by Gasteiger charge is 2.85. The molecule has 56 heavy (non-hydrogen) atoms. The summed E-state index contributed by atoms with van der Waals surface area (Å²) in [5, 5.41) is 26.6. The van der Waals surface area contributed by atoms with Crippen LogP contribution in [0.15, 0.2) is 53.3 Å². The van der Waals surface area contributed by atoms with Gasteiger partial charge in [0.2, 0.25) is 11.7 Å². The molecule has 304 valence electrons. The Morgan fingerprint density at radius 3 is 2.38 bits per heavy atom. The minimum atomic E-state index is -2.30. The fourth-order valence-corrected chi connectivity index (χ4v) is 10.2. The minimum absolute atomic E-state index is 0.0832. The molecule has 0 radical (unpaired) electrons. The summed E-state index contributed by atoms with van der Waals surface area (Å²) < 4.78 is 34.5. The number of aliphatic hydroxyl groups is 2. The number of Topliss-reactive ketones (excluding diaryl/α,β-unsaturated/α-hetero) is 1. The fourth-order valence-electron chi connectivity index (χ4n) is 10.2. The van der Waals surface area contributed by atoms with E-state index < -0.39 is 112 Å². The van der Waals surface area contributed by atoms with Crippen molar-refractivity contribution in [2.75, 3.05) is 20.3 Å². The second-order valence-corrected chi connectivity index (χ2v) is 17.1. The van der Waals surface area contributed by atoms with E-state index in [1.54, 1.807) is 48.5 Å². The van der Waals surface area contributed by atoms with Gasteiger partial charge in [0.1, 0.15) is 23.9 Å². The third-order valence-electron chi connectivity index (χ3n) is 12.1. The van der Waals surface area contributed by atoms with Gasteiger partial charge >= 0.3 is 23.9 Å². The zero-order valence-electron chi connectivity index (χ0n) is 32.9. The molecule has 1 aromatic carbocycles. The largest absolute Gasteiger partial charge is 0.480 e. The van der Waals surface area contributed by atoms with Crippen LogP contribution in [-0.4, -0.2) is 108 Å². The number of aliphatic hydroxyl groups excluding tert-OH is 2. The molecule has 1 unspecified atom stereocenters. The van der Waals surface area contributed by atoms with Gasteiger partial charge in [0.05, 0.1) is 25.7 Å². The number of fused-ring (bicyclic) bond motifs is 2. The molecule has 6 rings (SSSR count). The molecule has 2 saturated heterocycles. The molecular formula is C41H51NO14. The molecule has 4 fully saturated rings. The Bertz CT molecular complexity index is 1860. The van der Waals surface area contributed by atoms with Crippen LogP contribution in [0.5, 0.6) is 0 Å². The van der Waals surface area contributed by atoms with Crippen LogP contribution in [0.3, 0.4) is 0 Å². The minimum Gasteiger partial charge on any atom is -0.480 e. The van der Waals surface area contributed by atoms with E-state index in [1.165, 1.54) is 6.08 Å². The molecule has 11 atom stereocenters. The van der Waals surface area contributed by atoms with E-state index in [0.717, 1.165) is 12.7 Å². The van der Waals surface area contributed by atoms with Crippen LogP contribution in [0.4, 0.5) is 0 Å². The van der Waals surface area contributed by atoms with Crippen LogP contribution >= 0.6 is 0 Å². The summed E-state index contributed by atoms with van der Waals surface area (Å²) >= 11 is 0. The van der Waals surface area contributed by atoms with Crippen molar-refractivity contribution in [2.24, 2.45) is 28.6 Å². The van der Waals surface area contributed by atoms with Crippen LogP contribution in [0.2, 0.25) is 0 Å². The molecule has 2 aliphatic heterocycles. The summed E-state index contributed by atoms with van der Waals surface area (Å²) in [6.45, 7) is 11.0. The molecule has 5 aliphatic rings. The highest BCUT2D eigenvalue weighted by molar-refractivity contribution is 5.97. The molecule has 1 spiro atoms. The summed E-state index contributed by atoms with van der Waals surface area (Å²) in [7, 11) is 1.08. The summed E-state index contributed by atoms with van der Waals surface area (Å²) in [6, 6.07) is 8.04. The molecule has 2 heterocycles. The maximum absolute atomic E-state index is 14.1. The van der Waals surface area contributed by atoms with Gasteiger partial charge in [0, 0.05) is 30.3 Å². The van der Waals surface area contributed by atoms with Gasteiger partial charge in [-0.15, -0.1) is 0 Å². The van der Waals surface area contributed by atoms with Gasteiger partial charge in [0.15, 0.2) is 18.1 Å². The molecule has 0 aromatic heterocycles. The zero-order valence-corrected chi connectivity index (χ0v) is 32.9. The van der Waals surface area contributed by atoms with Gasteiger partial charge in [-0.2, -0.15) is 0 Å². The van der Waals surface area contributed by atoms with E-state index in [-0.39, 0.29) is 31.6 Å². The molecule has 2 bridgehead atoms. The van der Waals surface area contributed by atoms with Crippen LogP contribution < -0.4 is 5.32 Å². The molecule has 1 amide bonds. The van der Waals surface area contributed by atoms with E-state index in [1.807, 2.05) is 30.3 Å². The first-order valence-electron chi connectivity index (χ1n) is 18.8. The lowest BCUT2D eigenvalue weighted by atomic mass is 9.38. The number of ether oxygens (including phenoxy) is 6. The summed E-state index contributed by atoms with van der Waals surface area (Å²) in [5.41, 5.74) is -3.87. The molecule has 2 saturated carbocycles. The highest BCUT2D eigenvalue weighted by Crippen LogP contribution is 2.72. The number of hydrogen-bond acceptors (Lipinski definition) is 14. The average Bonchev–Trinajstić information content (AvgIpc) is 3.41. The van der Waals surface area contributed by atoms with Crippen molar-refractivity contribution >= 4 is 35.6 Å². The predicted molar refractivity (Wildman–Crippen MR) is 194 cm³/mol. The molecule has 3 aliphatic carbocycles. The molecule has 3 N–H and O–H groups in total. The summed E-state index contributed by atoms with van der Waals surface area (Å²) in [4.78, 5) is 81.0. The van der Waals surface area contributed by atoms with Crippen molar-refractivity contribution in [1.29, 1.82) is 0 Å². The number of carbonyl (C=O) groups excluding carboxylic acids is 6.